The molecule has 3 nitrogen and oxygen atoms in total. The van der Waals surface area contributed by atoms with Gasteiger partial charge in [0.2, 0.25) is 0 Å². The quantitative estimate of drug-likeness (QED) is 0.695. The molecule has 68 valence electrons. The summed E-state index contributed by atoms with van der Waals surface area (Å²) in [6.07, 6.45) is 0. The fourth-order valence-electron chi connectivity index (χ4n) is 0.942. The van der Waals surface area contributed by atoms with E-state index in [1.807, 2.05) is 14.0 Å². The Bertz CT molecular complexity index is 300. The molecule has 0 saturated carbocycles. The molecule has 1 aromatic rings. The Labute approximate surface area is 76.3 Å². The monoisotopic (exact) mass is 186 g/mol. The first-order chi connectivity index (χ1) is 5.79. The van der Waals surface area contributed by atoms with E-state index in [9.17, 15) is 0 Å². The molecule has 0 amide bonds. The Morgan fingerprint density at radius 1 is 1.67 bits per heavy atom. The van der Waals surface area contributed by atoms with Crippen molar-refractivity contribution in [1.29, 1.82) is 0 Å². The molecule has 0 aliphatic carbocycles. The molecular formula is C8H14N2OS. The summed E-state index contributed by atoms with van der Waals surface area (Å²) in [7, 11) is 3.81. The van der Waals surface area contributed by atoms with Gasteiger partial charge in [-0.3, -0.25) is 4.99 Å². The van der Waals surface area contributed by atoms with Crippen LogP contribution in [0.5, 0.6) is 0 Å². The van der Waals surface area contributed by atoms with Gasteiger partial charge in [-0.25, -0.2) is 0 Å². The highest BCUT2D eigenvalue weighted by Crippen LogP contribution is 2.01. The number of hydrogen-bond acceptors (Lipinski definition) is 3. The van der Waals surface area contributed by atoms with Crippen molar-refractivity contribution < 1.29 is 4.74 Å². The molecule has 1 heterocycles. The maximum Gasteiger partial charge on any atom is 0.184 e. The first kappa shape index (κ1) is 9.48. The lowest BCUT2D eigenvalue weighted by Crippen LogP contribution is -2.13. The van der Waals surface area contributed by atoms with Crippen molar-refractivity contribution >= 4 is 11.3 Å². The topological polar surface area (TPSA) is 26.5 Å². The number of hydrogen-bond donors (Lipinski definition) is 0. The molecule has 1 rings (SSSR count). The van der Waals surface area contributed by atoms with E-state index in [-0.39, 0.29) is 0 Å². The van der Waals surface area contributed by atoms with E-state index in [1.165, 1.54) is 5.69 Å². The highest BCUT2D eigenvalue weighted by atomic mass is 32.1. The van der Waals surface area contributed by atoms with Crippen LogP contribution in [0, 0.1) is 0 Å². The van der Waals surface area contributed by atoms with Gasteiger partial charge in [-0.15, -0.1) is 11.3 Å². The maximum atomic E-state index is 5.30. The van der Waals surface area contributed by atoms with Crippen LogP contribution >= 0.6 is 11.3 Å². The Kier molecular flexibility index (Phi) is 3.49. The van der Waals surface area contributed by atoms with Gasteiger partial charge in [0.05, 0.1) is 12.3 Å². The van der Waals surface area contributed by atoms with Gasteiger partial charge in [-0.05, 0) is 6.92 Å². The molecule has 0 saturated heterocycles. The van der Waals surface area contributed by atoms with Gasteiger partial charge in [0.1, 0.15) is 0 Å². The average molecular weight is 186 g/mol. The third-order valence-electron chi connectivity index (χ3n) is 1.66. The molecule has 0 radical (unpaired) electrons. The Balaban J connectivity index is 2.81. The van der Waals surface area contributed by atoms with E-state index in [0.29, 0.717) is 6.61 Å². The number of rotatable bonds is 3. The Morgan fingerprint density at radius 3 is 2.92 bits per heavy atom. The van der Waals surface area contributed by atoms with E-state index in [4.69, 9.17) is 4.74 Å². The summed E-state index contributed by atoms with van der Waals surface area (Å²) in [5, 5.41) is 2.08. The molecule has 0 atom stereocenters. The number of nitrogens with zero attached hydrogens (tertiary/aromatic N) is 2. The third kappa shape index (κ3) is 1.95. The fourth-order valence-corrected chi connectivity index (χ4v) is 1.79. The van der Waals surface area contributed by atoms with Crippen molar-refractivity contribution in [2.45, 2.75) is 13.5 Å². The average Bonchev–Trinajstić information content (AvgIpc) is 2.43. The normalized spacial score (nSPS) is 12.4. The molecule has 0 unspecified atom stereocenters. The molecule has 0 fully saturated rings. The summed E-state index contributed by atoms with van der Waals surface area (Å²) >= 11 is 1.64. The van der Waals surface area contributed by atoms with Crippen molar-refractivity contribution in [2.24, 2.45) is 12.0 Å². The van der Waals surface area contributed by atoms with Crippen LogP contribution in [0.15, 0.2) is 10.4 Å². The summed E-state index contributed by atoms with van der Waals surface area (Å²) in [4.78, 5) is 5.16. The second-order valence-electron chi connectivity index (χ2n) is 2.43. The second kappa shape index (κ2) is 4.42. The first-order valence-electron chi connectivity index (χ1n) is 3.93. The number of thiazole rings is 1. The zero-order chi connectivity index (χ0) is 8.97. The number of ether oxygens (including phenoxy) is 1. The highest BCUT2D eigenvalue weighted by Gasteiger charge is 1.99. The van der Waals surface area contributed by atoms with Crippen LogP contribution in [-0.2, 0) is 18.4 Å². The van der Waals surface area contributed by atoms with E-state index in [1.54, 1.807) is 18.4 Å². The standard InChI is InChI=1S/C8H14N2OS/c1-4-11-5-7-6-12-8(9-2)10(7)3/h6H,4-5H2,1-3H3. The van der Waals surface area contributed by atoms with Gasteiger partial charge in [0.15, 0.2) is 4.80 Å². The molecule has 4 heteroatoms. The van der Waals surface area contributed by atoms with Gasteiger partial charge in [-0.2, -0.15) is 0 Å². The van der Waals surface area contributed by atoms with E-state index < -0.39 is 0 Å². The maximum absolute atomic E-state index is 5.30. The predicted octanol–water partition coefficient (Wildman–Crippen LogP) is 1.15. The van der Waals surface area contributed by atoms with Crippen LogP contribution in [0.3, 0.4) is 0 Å². The molecule has 0 aromatic carbocycles. The second-order valence-corrected chi connectivity index (χ2v) is 3.27. The van der Waals surface area contributed by atoms with Gasteiger partial charge in [0.25, 0.3) is 0 Å². The third-order valence-corrected chi connectivity index (χ3v) is 2.72. The fraction of sp³-hybridized carbons (Fsp3) is 0.625. The lowest BCUT2D eigenvalue weighted by Gasteiger charge is -2.01. The molecule has 0 bridgehead atoms. The van der Waals surface area contributed by atoms with Crippen LogP contribution < -0.4 is 4.80 Å². The summed E-state index contributed by atoms with van der Waals surface area (Å²) in [5.74, 6) is 0. The molecular weight excluding hydrogens is 172 g/mol. The summed E-state index contributed by atoms with van der Waals surface area (Å²) in [6.45, 7) is 3.44. The van der Waals surface area contributed by atoms with Gasteiger partial charge in [-0.1, -0.05) is 0 Å². The van der Waals surface area contributed by atoms with E-state index >= 15 is 0 Å². The van der Waals surface area contributed by atoms with Crippen molar-refractivity contribution in [3.8, 4) is 0 Å². The number of aromatic nitrogens is 1. The van der Waals surface area contributed by atoms with Crippen LogP contribution in [0.4, 0.5) is 0 Å². The predicted molar refractivity (Wildman–Crippen MR) is 50.1 cm³/mol. The highest BCUT2D eigenvalue weighted by molar-refractivity contribution is 7.07. The van der Waals surface area contributed by atoms with Crippen LogP contribution in [0.2, 0.25) is 0 Å². The van der Waals surface area contributed by atoms with Crippen molar-refractivity contribution in [3.63, 3.8) is 0 Å². The summed E-state index contributed by atoms with van der Waals surface area (Å²) < 4.78 is 7.36. The van der Waals surface area contributed by atoms with Crippen molar-refractivity contribution in [1.82, 2.24) is 4.57 Å². The van der Waals surface area contributed by atoms with Crippen LogP contribution in [0.25, 0.3) is 0 Å². The molecule has 1 aromatic heterocycles. The Hall–Kier alpha value is -0.610. The smallest absolute Gasteiger partial charge is 0.184 e. The zero-order valence-electron chi connectivity index (χ0n) is 7.70. The minimum Gasteiger partial charge on any atom is -0.375 e. The van der Waals surface area contributed by atoms with Crippen molar-refractivity contribution in [2.75, 3.05) is 13.7 Å². The molecule has 0 aliphatic heterocycles. The summed E-state index contributed by atoms with van der Waals surface area (Å²) in [6, 6.07) is 0. The van der Waals surface area contributed by atoms with Gasteiger partial charge in [0, 0.05) is 26.1 Å². The minimum absolute atomic E-state index is 0.680. The summed E-state index contributed by atoms with van der Waals surface area (Å²) in [5.41, 5.74) is 1.18. The molecule has 0 aliphatic rings. The SMILES string of the molecule is CCOCc1csc(=NC)n1C. The lowest BCUT2D eigenvalue weighted by molar-refractivity contribution is 0.129. The van der Waals surface area contributed by atoms with Crippen LogP contribution in [-0.4, -0.2) is 18.2 Å². The molecule has 0 spiro atoms. The van der Waals surface area contributed by atoms with Gasteiger partial charge >= 0.3 is 0 Å². The van der Waals surface area contributed by atoms with Gasteiger partial charge < -0.3 is 9.30 Å². The zero-order valence-corrected chi connectivity index (χ0v) is 8.52. The van der Waals surface area contributed by atoms with Crippen molar-refractivity contribution in [3.05, 3.63) is 15.9 Å². The molecule has 12 heavy (non-hydrogen) atoms. The largest absolute Gasteiger partial charge is 0.375 e. The first-order valence-corrected chi connectivity index (χ1v) is 4.81. The van der Waals surface area contributed by atoms with Crippen LogP contribution in [0.1, 0.15) is 12.6 Å². The minimum atomic E-state index is 0.680. The lowest BCUT2D eigenvalue weighted by atomic mass is 10.5. The molecule has 0 N–H and O–H groups in total. The van der Waals surface area contributed by atoms with E-state index in [0.717, 1.165) is 11.4 Å². The van der Waals surface area contributed by atoms with E-state index in [2.05, 4.69) is 14.9 Å². The Morgan fingerprint density at radius 2 is 2.42 bits per heavy atom.